The molecule has 0 spiro atoms. The molecule has 2 aliphatic heterocycles. The summed E-state index contributed by atoms with van der Waals surface area (Å²) in [7, 11) is 8.95. The molecule has 0 saturated heterocycles. The van der Waals surface area contributed by atoms with Gasteiger partial charge in [0.15, 0.2) is 23.0 Å². The van der Waals surface area contributed by atoms with Crippen molar-refractivity contribution in [3.05, 3.63) is 92.9 Å². The average Bonchev–Trinajstić information content (AvgIpc) is 3.57. The lowest BCUT2D eigenvalue weighted by Gasteiger charge is -2.28. The van der Waals surface area contributed by atoms with Gasteiger partial charge in [-0.15, -0.1) is 0 Å². The predicted molar refractivity (Wildman–Crippen MR) is 192 cm³/mol. The van der Waals surface area contributed by atoms with Gasteiger partial charge < -0.3 is 43.3 Å². The number of hydrogen-bond acceptors (Lipinski definition) is 9. The van der Waals surface area contributed by atoms with Gasteiger partial charge in [0.05, 0.1) is 27.4 Å². The van der Waals surface area contributed by atoms with E-state index in [2.05, 4.69) is 48.4 Å². The minimum atomic E-state index is -0.966. The molecule has 0 aromatic heterocycles. The standard InChI is InChI=1S/C40H46N2O7/c1-9-42(10-2)26-12-14-29-34(21-26)49-33-19-24(3)11-13-28(33)36(29)37-27(15-16-32(44-6)39(37)46-8)31(43)22-30-25(17-18-41(4)5)20-35-40(38(30)45-7)48-23-47-35/h11-16,19-21,31,43H,3,9-10,17-18,22-23H2,1-2,4-8H3/t31-/m1/s1. The first kappa shape index (κ1) is 34.0. The Kier molecular flexibility index (Phi) is 9.94. The topological polar surface area (TPSA) is 82.1 Å². The van der Waals surface area contributed by atoms with Crippen LogP contribution in [-0.4, -0.2) is 71.9 Å². The molecule has 4 aromatic carbocycles. The van der Waals surface area contributed by atoms with Gasteiger partial charge in [0.25, 0.3) is 0 Å². The van der Waals surface area contributed by atoms with Gasteiger partial charge in [-0.2, -0.15) is 0 Å². The summed E-state index contributed by atoms with van der Waals surface area (Å²) in [5.74, 6) is 4.25. The Hall–Kier alpha value is -4.86. The van der Waals surface area contributed by atoms with Crippen LogP contribution in [0.25, 0.3) is 12.2 Å². The van der Waals surface area contributed by atoms with Crippen LogP contribution in [-0.2, 0) is 12.8 Å². The first-order chi connectivity index (χ1) is 23.7. The lowest BCUT2D eigenvalue weighted by Crippen LogP contribution is -2.24. The van der Waals surface area contributed by atoms with Crippen molar-refractivity contribution in [2.45, 2.75) is 32.8 Å². The van der Waals surface area contributed by atoms with Gasteiger partial charge in [0.2, 0.25) is 12.5 Å². The predicted octanol–water partition coefficient (Wildman–Crippen LogP) is 5.43. The van der Waals surface area contributed by atoms with E-state index in [0.717, 1.165) is 70.0 Å². The lowest BCUT2D eigenvalue weighted by atomic mass is 9.85. The van der Waals surface area contributed by atoms with Gasteiger partial charge in [0.1, 0.15) is 11.5 Å². The lowest BCUT2D eigenvalue weighted by molar-refractivity contribution is 0.169. The molecule has 0 bridgehead atoms. The summed E-state index contributed by atoms with van der Waals surface area (Å²) in [5.41, 5.74) is 6.11. The maximum Gasteiger partial charge on any atom is 0.231 e. The van der Waals surface area contributed by atoms with Crippen LogP contribution in [0.4, 0.5) is 5.69 Å². The molecule has 2 heterocycles. The molecule has 9 nitrogen and oxygen atoms in total. The third kappa shape index (κ3) is 6.36. The Bertz CT molecular complexity index is 1970. The van der Waals surface area contributed by atoms with Crippen LogP contribution in [0.15, 0.2) is 54.6 Å². The van der Waals surface area contributed by atoms with E-state index < -0.39 is 6.10 Å². The summed E-state index contributed by atoms with van der Waals surface area (Å²) >= 11 is 0. The van der Waals surface area contributed by atoms with E-state index in [0.29, 0.717) is 45.8 Å². The summed E-state index contributed by atoms with van der Waals surface area (Å²) in [4.78, 5) is 4.41. The Morgan fingerprint density at radius 2 is 1.63 bits per heavy atom. The number of benzene rings is 4. The van der Waals surface area contributed by atoms with Crippen LogP contribution < -0.4 is 43.8 Å². The van der Waals surface area contributed by atoms with Crippen molar-refractivity contribution in [3.8, 4) is 40.2 Å². The summed E-state index contributed by atoms with van der Waals surface area (Å²) in [6, 6.07) is 18.0. The third-order valence-electron chi connectivity index (χ3n) is 9.33. The Morgan fingerprint density at radius 3 is 2.33 bits per heavy atom. The van der Waals surface area contributed by atoms with Crippen LogP contribution in [0, 0.1) is 0 Å². The van der Waals surface area contributed by atoms with E-state index in [-0.39, 0.29) is 13.2 Å². The van der Waals surface area contributed by atoms with Crippen molar-refractivity contribution in [3.63, 3.8) is 0 Å². The SMILES string of the molecule is C=c1ccc2c(c1)Oc1cc(N(CC)CC)ccc1C=2c1c([C@H](O)Cc2c(CCN(C)C)cc3c(c2OC)OCO3)ccc(OC)c1OC. The van der Waals surface area contributed by atoms with Crippen LogP contribution in [0.3, 0.4) is 0 Å². The van der Waals surface area contributed by atoms with E-state index in [9.17, 15) is 5.11 Å². The Labute approximate surface area is 288 Å². The van der Waals surface area contributed by atoms with Gasteiger partial charge in [0, 0.05) is 65.3 Å². The second-order valence-corrected chi connectivity index (χ2v) is 12.5. The molecule has 0 radical (unpaired) electrons. The van der Waals surface area contributed by atoms with Crippen molar-refractivity contribution < 1.29 is 33.5 Å². The minimum absolute atomic E-state index is 0.120. The number of rotatable bonds is 13. The molecule has 258 valence electrons. The van der Waals surface area contributed by atoms with Crippen molar-refractivity contribution in [1.82, 2.24) is 4.90 Å². The molecule has 9 heteroatoms. The summed E-state index contributed by atoms with van der Waals surface area (Å²) < 4.78 is 36.1. The number of anilines is 1. The summed E-state index contributed by atoms with van der Waals surface area (Å²) in [5, 5.41) is 14.1. The number of fused-ring (bicyclic) bond motifs is 3. The zero-order valence-corrected chi connectivity index (χ0v) is 29.5. The third-order valence-corrected chi connectivity index (χ3v) is 9.33. The molecule has 1 atom stereocenters. The van der Waals surface area contributed by atoms with Crippen LogP contribution in [0.5, 0.6) is 40.2 Å². The van der Waals surface area contributed by atoms with Crippen molar-refractivity contribution in [2.24, 2.45) is 0 Å². The normalized spacial score (nSPS) is 13.4. The molecule has 0 amide bonds. The second kappa shape index (κ2) is 14.3. The van der Waals surface area contributed by atoms with Gasteiger partial charge >= 0.3 is 0 Å². The maximum absolute atomic E-state index is 12.4. The van der Waals surface area contributed by atoms with Crippen LogP contribution >= 0.6 is 0 Å². The van der Waals surface area contributed by atoms with E-state index in [1.54, 1.807) is 21.3 Å². The molecule has 0 saturated carbocycles. The van der Waals surface area contributed by atoms with Gasteiger partial charge in [-0.25, -0.2) is 0 Å². The Morgan fingerprint density at radius 1 is 0.857 bits per heavy atom. The molecule has 6 rings (SSSR count). The fourth-order valence-electron chi connectivity index (χ4n) is 6.87. The second-order valence-electron chi connectivity index (χ2n) is 12.5. The van der Waals surface area contributed by atoms with Gasteiger partial charge in [-0.3, -0.25) is 0 Å². The van der Waals surface area contributed by atoms with Crippen LogP contribution in [0.2, 0.25) is 0 Å². The highest BCUT2D eigenvalue weighted by molar-refractivity contribution is 5.90. The highest BCUT2D eigenvalue weighted by Crippen LogP contribution is 2.49. The number of nitrogens with zero attached hydrogens (tertiary/aromatic N) is 2. The number of aliphatic hydroxyl groups is 1. The number of ether oxygens (including phenoxy) is 6. The fourth-order valence-corrected chi connectivity index (χ4v) is 6.87. The van der Waals surface area contributed by atoms with Gasteiger partial charge in [-0.1, -0.05) is 24.8 Å². The summed E-state index contributed by atoms with van der Waals surface area (Å²) in [6.07, 6.45) is 0.0257. The first-order valence-electron chi connectivity index (χ1n) is 16.7. The van der Waals surface area contributed by atoms with E-state index in [4.69, 9.17) is 28.4 Å². The molecule has 1 N–H and O–H groups in total. The van der Waals surface area contributed by atoms with Gasteiger partial charge in [-0.05, 0) is 81.0 Å². The van der Waals surface area contributed by atoms with E-state index >= 15 is 0 Å². The number of methoxy groups -OCH3 is 3. The van der Waals surface area contributed by atoms with Crippen molar-refractivity contribution in [1.29, 1.82) is 0 Å². The van der Waals surface area contributed by atoms with E-state index in [1.165, 1.54) is 0 Å². The van der Waals surface area contributed by atoms with Crippen molar-refractivity contribution in [2.75, 3.05) is 66.8 Å². The number of likely N-dealkylation sites (N-methyl/N-ethyl adjacent to an activating group) is 1. The summed E-state index contributed by atoms with van der Waals surface area (Å²) in [6.45, 7) is 11.1. The Balaban J connectivity index is 1.58. The zero-order valence-electron chi connectivity index (χ0n) is 29.5. The molecule has 0 aliphatic carbocycles. The molecule has 0 unspecified atom stereocenters. The molecular weight excluding hydrogens is 620 g/mol. The van der Waals surface area contributed by atoms with Crippen LogP contribution in [0.1, 0.15) is 47.8 Å². The molecule has 2 aliphatic rings. The molecule has 4 aromatic rings. The largest absolute Gasteiger partial charge is 0.493 e. The first-order valence-corrected chi connectivity index (χ1v) is 16.7. The molecular formula is C40H46N2O7. The molecule has 49 heavy (non-hydrogen) atoms. The zero-order chi connectivity index (χ0) is 34.8. The quantitative estimate of drug-likeness (QED) is 0.177. The maximum atomic E-state index is 12.4. The van der Waals surface area contributed by atoms with Crippen molar-refractivity contribution >= 4 is 17.8 Å². The molecule has 0 fully saturated rings. The van der Waals surface area contributed by atoms with E-state index in [1.807, 2.05) is 50.5 Å². The fraction of sp³-hybridized carbons (Fsp3) is 0.350. The highest BCUT2D eigenvalue weighted by atomic mass is 16.7. The number of hydrogen-bond donors (Lipinski definition) is 1. The average molecular weight is 667 g/mol. The minimum Gasteiger partial charge on any atom is -0.493 e. The number of aliphatic hydroxyl groups excluding tert-OH is 1. The highest BCUT2D eigenvalue weighted by Gasteiger charge is 2.32. The smallest absolute Gasteiger partial charge is 0.231 e. The monoisotopic (exact) mass is 666 g/mol.